The molecule has 22 heavy (non-hydrogen) atoms. The lowest BCUT2D eigenvalue weighted by molar-refractivity contribution is 0.0990. The summed E-state index contributed by atoms with van der Waals surface area (Å²) in [6.45, 7) is 4.29. The highest BCUT2D eigenvalue weighted by Crippen LogP contribution is 2.48. The highest BCUT2D eigenvalue weighted by Gasteiger charge is 2.41. The van der Waals surface area contributed by atoms with Gasteiger partial charge >= 0.3 is 0 Å². The molecule has 1 fully saturated rings. The summed E-state index contributed by atoms with van der Waals surface area (Å²) < 4.78 is 15.5. The minimum absolute atomic E-state index is 0.0479. The van der Waals surface area contributed by atoms with E-state index in [2.05, 4.69) is 18.8 Å². The van der Waals surface area contributed by atoms with E-state index < -0.39 is 12.3 Å². The van der Waals surface area contributed by atoms with Crippen molar-refractivity contribution in [3.05, 3.63) is 35.9 Å². The summed E-state index contributed by atoms with van der Waals surface area (Å²) in [7, 11) is 0. The van der Waals surface area contributed by atoms with E-state index in [0.29, 0.717) is 6.42 Å². The Hall–Kier alpha value is -1.42. The summed E-state index contributed by atoms with van der Waals surface area (Å²) in [4.78, 5) is 4.19. The first kappa shape index (κ1) is 15.5. The van der Waals surface area contributed by atoms with Crippen LogP contribution in [-0.4, -0.2) is 20.7 Å². The van der Waals surface area contributed by atoms with Crippen LogP contribution in [0.3, 0.4) is 0 Å². The van der Waals surface area contributed by atoms with Gasteiger partial charge in [-0.25, -0.2) is 9.37 Å². The third-order valence-corrected chi connectivity index (χ3v) is 4.97. The van der Waals surface area contributed by atoms with Crippen LogP contribution < -0.4 is 0 Å². The standard InChI is InChI=1S/C18H25FN2O/c1-3-5-6-12(4-2)18(22)17-13(14-9-15(14)19)7-8-21-11-20-10-16(17)21/h7-8,10-12,14-15,18,22H,3-6,9H2,1-2H3/t12?,14-,15-,18?/m1/s1. The highest BCUT2D eigenvalue weighted by atomic mass is 19.1. The van der Waals surface area contributed by atoms with Crippen LogP contribution >= 0.6 is 0 Å². The lowest BCUT2D eigenvalue weighted by atomic mass is 9.86. The number of imidazole rings is 1. The number of fused-ring (bicyclic) bond motifs is 1. The summed E-state index contributed by atoms with van der Waals surface area (Å²) in [5, 5.41) is 11.0. The molecule has 3 nitrogen and oxygen atoms in total. The fourth-order valence-corrected chi connectivity index (χ4v) is 3.45. The molecule has 0 aliphatic heterocycles. The average Bonchev–Trinajstić information content (AvgIpc) is 3.06. The average molecular weight is 304 g/mol. The zero-order valence-corrected chi connectivity index (χ0v) is 13.4. The van der Waals surface area contributed by atoms with Crippen LogP contribution in [0.4, 0.5) is 4.39 Å². The van der Waals surface area contributed by atoms with Crippen molar-refractivity contribution in [3.63, 3.8) is 0 Å². The molecule has 3 rings (SSSR count). The van der Waals surface area contributed by atoms with E-state index in [9.17, 15) is 9.50 Å². The van der Waals surface area contributed by atoms with Gasteiger partial charge in [-0.2, -0.15) is 0 Å². The Bertz CT molecular complexity index is 639. The van der Waals surface area contributed by atoms with Gasteiger partial charge in [-0.3, -0.25) is 0 Å². The Morgan fingerprint density at radius 1 is 1.45 bits per heavy atom. The quantitative estimate of drug-likeness (QED) is 0.822. The molecule has 0 spiro atoms. The maximum absolute atomic E-state index is 13.6. The van der Waals surface area contributed by atoms with Crippen molar-refractivity contribution in [2.24, 2.45) is 5.92 Å². The molecule has 1 saturated carbocycles. The number of halogens is 1. The normalized spacial score (nSPS) is 23.6. The molecule has 4 heteroatoms. The number of aromatic nitrogens is 2. The third kappa shape index (κ3) is 2.76. The monoisotopic (exact) mass is 304 g/mol. The maximum Gasteiger partial charge on any atom is 0.108 e. The van der Waals surface area contributed by atoms with Crippen LogP contribution in [0.15, 0.2) is 24.8 Å². The molecule has 0 radical (unpaired) electrons. The second-order valence-corrected chi connectivity index (χ2v) is 6.48. The van der Waals surface area contributed by atoms with E-state index in [1.165, 1.54) is 0 Å². The second-order valence-electron chi connectivity index (χ2n) is 6.48. The number of hydrogen-bond acceptors (Lipinski definition) is 2. The number of unbranched alkanes of at least 4 members (excludes halogenated alkanes) is 1. The number of alkyl halides is 1. The molecule has 1 aliphatic carbocycles. The molecular formula is C18H25FN2O. The van der Waals surface area contributed by atoms with Gasteiger partial charge in [-0.15, -0.1) is 0 Å². The van der Waals surface area contributed by atoms with Gasteiger partial charge in [0.2, 0.25) is 0 Å². The first-order valence-electron chi connectivity index (χ1n) is 8.43. The van der Waals surface area contributed by atoms with Crippen molar-refractivity contribution in [2.75, 3.05) is 0 Å². The Kier molecular flexibility index (Phi) is 4.48. The van der Waals surface area contributed by atoms with E-state index in [4.69, 9.17) is 0 Å². The first-order valence-corrected chi connectivity index (χ1v) is 8.43. The number of aliphatic hydroxyl groups is 1. The molecule has 2 unspecified atom stereocenters. The summed E-state index contributed by atoms with van der Waals surface area (Å²) in [5.41, 5.74) is 2.79. The minimum atomic E-state index is -0.757. The Morgan fingerprint density at radius 3 is 2.86 bits per heavy atom. The van der Waals surface area contributed by atoms with E-state index in [1.54, 1.807) is 12.5 Å². The SMILES string of the molecule is CCCCC(CC)C(O)c1c([C@H]2C[C@H]2F)ccn2cncc12. The Balaban J connectivity index is 2.00. The van der Waals surface area contributed by atoms with E-state index in [1.807, 2.05) is 16.7 Å². The Labute approximate surface area is 131 Å². The lowest BCUT2D eigenvalue weighted by Crippen LogP contribution is -2.15. The molecule has 2 aromatic rings. The Morgan fingerprint density at radius 2 is 2.23 bits per heavy atom. The fourth-order valence-electron chi connectivity index (χ4n) is 3.45. The number of rotatable bonds is 7. The number of aliphatic hydroxyl groups excluding tert-OH is 1. The van der Waals surface area contributed by atoms with Crippen molar-refractivity contribution in [1.29, 1.82) is 0 Å². The molecule has 4 atom stereocenters. The summed E-state index contributed by atoms with van der Waals surface area (Å²) in [5.74, 6) is 0.171. The van der Waals surface area contributed by atoms with Gasteiger partial charge in [0.15, 0.2) is 0 Å². The number of nitrogens with zero attached hydrogens (tertiary/aromatic N) is 2. The molecule has 0 saturated heterocycles. The van der Waals surface area contributed by atoms with Crippen molar-refractivity contribution >= 4 is 5.52 Å². The summed E-state index contributed by atoms with van der Waals surface area (Å²) in [6, 6.07) is 1.96. The van der Waals surface area contributed by atoms with Gasteiger partial charge < -0.3 is 9.51 Å². The summed E-state index contributed by atoms with van der Waals surface area (Å²) in [6.07, 6.45) is 8.90. The van der Waals surface area contributed by atoms with Gasteiger partial charge in [0.1, 0.15) is 6.17 Å². The molecule has 1 N–H and O–H groups in total. The van der Waals surface area contributed by atoms with E-state index in [0.717, 1.165) is 42.3 Å². The number of pyridine rings is 1. The maximum atomic E-state index is 13.6. The zero-order valence-electron chi connectivity index (χ0n) is 13.4. The van der Waals surface area contributed by atoms with Crippen LogP contribution in [0.5, 0.6) is 0 Å². The van der Waals surface area contributed by atoms with Crippen molar-refractivity contribution in [3.8, 4) is 0 Å². The molecule has 0 aromatic carbocycles. The second kappa shape index (κ2) is 6.37. The van der Waals surface area contributed by atoms with Crippen LogP contribution in [0.25, 0.3) is 5.52 Å². The van der Waals surface area contributed by atoms with Crippen molar-refractivity contribution in [2.45, 2.75) is 64.1 Å². The smallest absolute Gasteiger partial charge is 0.108 e. The minimum Gasteiger partial charge on any atom is -0.388 e. The lowest BCUT2D eigenvalue weighted by Gasteiger charge is -2.25. The third-order valence-electron chi connectivity index (χ3n) is 4.97. The van der Waals surface area contributed by atoms with Crippen molar-refractivity contribution < 1.29 is 9.50 Å². The molecule has 0 amide bonds. The molecule has 1 aliphatic rings. The summed E-state index contributed by atoms with van der Waals surface area (Å²) >= 11 is 0. The van der Waals surface area contributed by atoms with Crippen LogP contribution in [-0.2, 0) is 0 Å². The molecule has 120 valence electrons. The van der Waals surface area contributed by atoms with E-state index >= 15 is 0 Å². The van der Waals surface area contributed by atoms with Gasteiger partial charge in [-0.05, 0) is 30.4 Å². The first-order chi connectivity index (χ1) is 10.7. The van der Waals surface area contributed by atoms with Gasteiger partial charge in [0.05, 0.1) is 24.1 Å². The number of hydrogen-bond donors (Lipinski definition) is 1. The largest absolute Gasteiger partial charge is 0.388 e. The fraction of sp³-hybridized carbons (Fsp3) is 0.611. The zero-order chi connectivity index (χ0) is 15.7. The van der Waals surface area contributed by atoms with Gasteiger partial charge in [0, 0.05) is 17.7 Å². The predicted octanol–water partition coefficient (Wildman–Crippen LogP) is 4.41. The molecular weight excluding hydrogens is 279 g/mol. The topological polar surface area (TPSA) is 37.5 Å². The predicted molar refractivity (Wildman–Crippen MR) is 85.7 cm³/mol. The van der Waals surface area contributed by atoms with Crippen LogP contribution in [0.2, 0.25) is 0 Å². The van der Waals surface area contributed by atoms with Gasteiger partial charge in [0.25, 0.3) is 0 Å². The van der Waals surface area contributed by atoms with E-state index in [-0.39, 0.29) is 11.8 Å². The van der Waals surface area contributed by atoms with Crippen LogP contribution in [0, 0.1) is 5.92 Å². The van der Waals surface area contributed by atoms with Crippen molar-refractivity contribution in [1.82, 2.24) is 9.38 Å². The van der Waals surface area contributed by atoms with Gasteiger partial charge in [-0.1, -0.05) is 33.1 Å². The van der Waals surface area contributed by atoms with Crippen LogP contribution in [0.1, 0.15) is 69.1 Å². The molecule has 2 heterocycles. The molecule has 2 aromatic heterocycles. The molecule has 0 bridgehead atoms. The highest BCUT2D eigenvalue weighted by molar-refractivity contribution is 5.59.